The van der Waals surface area contributed by atoms with E-state index in [-0.39, 0.29) is 24.7 Å². The Morgan fingerprint density at radius 3 is 2.52 bits per heavy atom. The molecule has 1 aliphatic carbocycles. The van der Waals surface area contributed by atoms with Crippen LogP contribution in [-0.4, -0.2) is 60.8 Å². The highest BCUT2D eigenvalue weighted by Gasteiger charge is 2.35. The molecule has 122 valence electrons. The van der Waals surface area contributed by atoms with Crippen LogP contribution in [0.25, 0.3) is 0 Å². The van der Waals surface area contributed by atoms with E-state index in [9.17, 15) is 18.0 Å². The van der Waals surface area contributed by atoms with Gasteiger partial charge in [0.1, 0.15) is 0 Å². The van der Waals surface area contributed by atoms with Crippen LogP contribution in [0, 0.1) is 0 Å². The van der Waals surface area contributed by atoms with Gasteiger partial charge in [-0.1, -0.05) is 19.3 Å². The van der Waals surface area contributed by atoms with Crippen LogP contribution in [0.4, 0.5) is 18.0 Å². The molecule has 1 atom stereocenters. The molecule has 0 radical (unpaired) electrons. The highest BCUT2D eigenvalue weighted by Crippen LogP contribution is 2.22. The fourth-order valence-electron chi connectivity index (χ4n) is 3.26. The second kappa shape index (κ2) is 6.85. The normalized spacial score (nSPS) is 25.0. The SMILES string of the molecule is CN(C(=O)NC1CCN(CC(F)(F)F)C1)C1CCCCC1. The maximum absolute atomic E-state index is 12.3. The minimum atomic E-state index is -4.17. The number of carbonyl (C=O) groups is 1. The van der Waals surface area contributed by atoms with Gasteiger partial charge in [0.05, 0.1) is 6.54 Å². The van der Waals surface area contributed by atoms with Gasteiger partial charge in [0, 0.05) is 32.2 Å². The Morgan fingerprint density at radius 2 is 1.90 bits per heavy atom. The molecular formula is C14H24F3N3O. The third-order valence-corrected chi connectivity index (χ3v) is 4.45. The number of alkyl halides is 3. The summed E-state index contributed by atoms with van der Waals surface area (Å²) in [6, 6.07) is -0.0573. The highest BCUT2D eigenvalue weighted by atomic mass is 19.4. The Bertz CT molecular complexity index is 356. The zero-order valence-corrected chi connectivity index (χ0v) is 12.5. The summed E-state index contributed by atoms with van der Waals surface area (Å²) in [5.41, 5.74) is 0. The van der Waals surface area contributed by atoms with E-state index in [2.05, 4.69) is 5.32 Å². The van der Waals surface area contributed by atoms with E-state index >= 15 is 0 Å². The Morgan fingerprint density at radius 1 is 1.24 bits per heavy atom. The van der Waals surface area contributed by atoms with E-state index < -0.39 is 12.7 Å². The smallest absolute Gasteiger partial charge is 0.334 e. The Kier molecular flexibility index (Phi) is 5.35. The topological polar surface area (TPSA) is 35.6 Å². The molecule has 0 aromatic rings. The summed E-state index contributed by atoms with van der Waals surface area (Å²) in [5, 5.41) is 2.87. The molecule has 1 saturated carbocycles. The van der Waals surface area contributed by atoms with Crippen molar-refractivity contribution in [2.75, 3.05) is 26.7 Å². The van der Waals surface area contributed by atoms with E-state index in [1.54, 1.807) is 11.9 Å². The van der Waals surface area contributed by atoms with Crippen molar-refractivity contribution in [3.05, 3.63) is 0 Å². The first-order valence-electron chi connectivity index (χ1n) is 7.67. The molecule has 2 aliphatic rings. The molecule has 0 bridgehead atoms. The first-order valence-corrected chi connectivity index (χ1v) is 7.67. The fraction of sp³-hybridized carbons (Fsp3) is 0.929. The molecule has 1 N–H and O–H groups in total. The molecule has 1 saturated heterocycles. The predicted octanol–water partition coefficient (Wildman–Crippen LogP) is 2.60. The van der Waals surface area contributed by atoms with E-state index in [4.69, 9.17) is 0 Å². The number of halogens is 3. The average molecular weight is 307 g/mol. The monoisotopic (exact) mass is 307 g/mol. The van der Waals surface area contributed by atoms with Crippen molar-refractivity contribution in [2.24, 2.45) is 0 Å². The number of rotatable bonds is 3. The summed E-state index contributed by atoms with van der Waals surface area (Å²) in [4.78, 5) is 15.2. The van der Waals surface area contributed by atoms with Crippen molar-refractivity contribution in [3.63, 3.8) is 0 Å². The molecular weight excluding hydrogens is 283 g/mol. The molecule has 1 aliphatic heterocycles. The van der Waals surface area contributed by atoms with E-state index in [0.29, 0.717) is 13.0 Å². The number of hydrogen-bond acceptors (Lipinski definition) is 2. The fourth-order valence-corrected chi connectivity index (χ4v) is 3.26. The lowest BCUT2D eigenvalue weighted by atomic mass is 9.95. The van der Waals surface area contributed by atoms with Gasteiger partial charge in [0.15, 0.2) is 0 Å². The van der Waals surface area contributed by atoms with Crippen LogP contribution in [-0.2, 0) is 0 Å². The van der Waals surface area contributed by atoms with Crippen LogP contribution in [0.5, 0.6) is 0 Å². The predicted molar refractivity (Wildman–Crippen MR) is 74.1 cm³/mol. The first kappa shape index (κ1) is 16.4. The number of likely N-dealkylation sites (tertiary alicyclic amines) is 1. The number of nitrogens with one attached hydrogen (secondary N) is 1. The van der Waals surface area contributed by atoms with Gasteiger partial charge in [-0.2, -0.15) is 13.2 Å². The van der Waals surface area contributed by atoms with Crippen LogP contribution in [0.3, 0.4) is 0 Å². The van der Waals surface area contributed by atoms with Gasteiger partial charge in [-0.25, -0.2) is 4.79 Å². The van der Waals surface area contributed by atoms with Gasteiger partial charge in [-0.05, 0) is 19.3 Å². The second-order valence-electron chi connectivity index (χ2n) is 6.19. The summed E-state index contributed by atoms with van der Waals surface area (Å²) in [7, 11) is 1.79. The van der Waals surface area contributed by atoms with Crippen molar-refractivity contribution >= 4 is 6.03 Å². The largest absolute Gasteiger partial charge is 0.401 e. The van der Waals surface area contributed by atoms with Crippen LogP contribution >= 0.6 is 0 Å². The number of hydrogen-bond donors (Lipinski definition) is 1. The minimum absolute atomic E-state index is 0.152. The molecule has 4 nitrogen and oxygen atoms in total. The molecule has 2 amide bonds. The molecule has 1 heterocycles. The molecule has 21 heavy (non-hydrogen) atoms. The third kappa shape index (κ3) is 5.05. The molecule has 0 aromatic carbocycles. The van der Waals surface area contributed by atoms with Gasteiger partial charge in [0.25, 0.3) is 0 Å². The number of amides is 2. The molecule has 1 unspecified atom stereocenters. The van der Waals surface area contributed by atoms with Crippen molar-refractivity contribution in [1.29, 1.82) is 0 Å². The summed E-state index contributed by atoms with van der Waals surface area (Å²) in [5.74, 6) is 0. The van der Waals surface area contributed by atoms with Crippen molar-refractivity contribution < 1.29 is 18.0 Å². The number of urea groups is 1. The molecule has 2 fully saturated rings. The summed E-state index contributed by atoms with van der Waals surface area (Å²) in [6.07, 6.45) is 1.97. The van der Waals surface area contributed by atoms with E-state index in [1.807, 2.05) is 0 Å². The quantitative estimate of drug-likeness (QED) is 0.870. The van der Waals surface area contributed by atoms with E-state index in [0.717, 1.165) is 25.7 Å². The maximum atomic E-state index is 12.3. The summed E-state index contributed by atoms with van der Waals surface area (Å²) >= 11 is 0. The zero-order chi connectivity index (χ0) is 15.5. The lowest BCUT2D eigenvalue weighted by molar-refractivity contribution is -0.143. The van der Waals surface area contributed by atoms with Crippen LogP contribution in [0.15, 0.2) is 0 Å². The molecule has 0 spiro atoms. The average Bonchev–Trinajstić information content (AvgIpc) is 2.83. The van der Waals surface area contributed by atoms with Crippen molar-refractivity contribution in [3.8, 4) is 0 Å². The Balaban J connectivity index is 1.75. The maximum Gasteiger partial charge on any atom is 0.401 e. The van der Waals surface area contributed by atoms with Gasteiger partial charge in [-0.3, -0.25) is 4.90 Å². The molecule has 2 rings (SSSR count). The minimum Gasteiger partial charge on any atom is -0.334 e. The highest BCUT2D eigenvalue weighted by molar-refractivity contribution is 5.74. The zero-order valence-electron chi connectivity index (χ0n) is 12.5. The summed E-state index contributed by atoms with van der Waals surface area (Å²) in [6.45, 7) is -0.223. The number of nitrogens with zero attached hydrogens (tertiary/aromatic N) is 2. The lowest BCUT2D eigenvalue weighted by Gasteiger charge is -2.32. The Hall–Kier alpha value is -0.980. The van der Waals surface area contributed by atoms with Gasteiger partial charge in [-0.15, -0.1) is 0 Å². The molecule has 0 aromatic heterocycles. The van der Waals surface area contributed by atoms with Gasteiger partial charge in [0.2, 0.25) is 0 Å². The first-order chi connectivity index (χ1) is 9.85. The van der Waals surface area contributed by atoms with Crippen molar-refractivity contribution in [1.82, 2.24) is 15.1 Å². The van der Waals surface area contributed by atoms with Crippen molar-refractivity contribution in [2.45, 2.75) is 56.8 Å². The lowest BCUT2D eigenvalue weighted by Crippen LogP contribution is -2.48. The standard InChI is InChI=1S/C14H24F3N3O/c1-19(12-5-3-2-4-6-12)13(21)18-11-7-8-20(9-11)10-14(15,16)17/h11-12H,2-10H2,1H3,(H,18,21). The van der Waals surface area contributed by atoms with Crippen LogP contribution < -0.4 is 5.32 Å². The van der Waals surface area contributed by atoms with Gasteiger partial charge < -0.3 is 10.2 Å². The number of carbonyl (C=O) groups excluding carboxylic acids is 1. The molecule has 7 heteroatoms. The third-order valence-electron chi connectivity index (χ3n) is 4.45. The van der Waals surface area contributed by atoms with Crippen LogP contribution in [0.2, 0.25) is 0 Å². The Labute approximate surface area is 123 Å². The van der Waals surface area contributed by atoms with E-state index in [1.165, 1.54) is 11.3 Å². The second-order valence-corrected chi connectivity index (χ2v) is 6.19. The van der Waals surface area contributed by atoms with Gasteiger partial charge >= 0.3 is 12.2 Å². The van der Waals surface area contributed by atoms with Crippen LogP contribution in [0.1, 0.15) is 38.5 Å². The summed E-state index contributed by atoms with van der Waals surface area (Å²) < 4.78 is 37.0.